The van der Waals surface area contributed by atoms with Gasteiger partial charge in [-0.1, -0.05) is 11.6 Å². The number of anilines is 1. The number of amides is 4. The Labute approximate surface area is 100 Å². The van der Waals surface area contributed by atoms with Crippen molar-refractivity contribution in [3.8, 4) is 0 Å². The molecule has 5 nitrogen and oxygen atoms in total. The van der Waals surface area contributed by atoms with Crippen molar-refractivity contribution in [3.05, 3.63) is 29.0 Å². The Morgan fingerprint density at radius 2 is 2.00 bits per heavy atom. The Hall–Kier alpha value is -1.95. The number of nitrogens with one attached hydrogen (secondary N) is 1. The normalized spacial score (nSPS) is 16.1. The zero-order chi connectivity index (χ0) is 12.6. The van der Waals surface area contributed by atoms with Crippen LogP contribution in [0.5, 0.6) is 0 Å². The molecule has 1 aromatic carbocycles. The van der Waals surface area contributed by atoms with Gasteiger partial charge in [0.1, 0.15) is 12.2 Å². The van der Waals surface area contributed by atoms with Crippen LogP contribution in [0.2, 0.25) is 5.02 Å². The zero-order valence-electron chi connectivity index (χ0n) is 8.37. The molecule has 2 rings (SSSR count). The van der Waals surface area contributed by atoms with E-state index in [0.29, 0.717) is 4.90 Å². The molecule has 0 spiro atoms. The second-order valence-corrected chi connectivity index (χ2v) is 3.76. The monoisotopic (exact) mass is 256 g/mol. The molecular weight excluding hydrogens is 251 g/mol. The van der Waals surface area contributed by atoms with E-state index >= 15 is 0 Å². The molecular formula is C10H6ClFN2O3. The number of carbonyl (C=O) groups excluding carboxylic acids is 3. The summed E-state index contributed by atoms with van der Waals surface area (Å²) >= 11 is 5.48. The molecule has 1 aliphatic heterocycles. The Kier molecular flexibility index (Phi) is 2.81. The maximum absolute atomic E-state index is 13.2. The first-order valence-corrected chi connectivity index (χ1v) is 4.98. The number of rotatable bonds is 1. The number of urea groups is 1. The third-order valence-corrected chi connectivity index (χ3v) is 2.48. The number of hydrogen-bond acceptors (Lipinski definition) is 3. The van der Waals surface area contributed by atoms with Crippen LogP contribution < -0.4 is 10.2 Å². The highest BCUT2D eigenvalue weighted by Crippen LogP contribution is 2.23. The number of hydrogen-bond donors (Lipinski definition) is 1. The summed E-state index contributed by atoms with van der Waals surface area (Å²) in [7, 11) is 0. The third-order valence-electron chi connectivity index (χ3n) is 2.17. The topological polar surface area (TPSA) is 66.5 Å². The predicted molar refractivity (Wildman–Crippen MR) is 57.1 cm³/mol. The summed E-state index contributed by atoms with van der Waals surface area (Å²) in [6, 6.07) is 2.60. The molecule has 1 fully saturated rings. The Balaban J connectivity index is 2.38. The van der Waals surface area contributed by atoms with Gasteiger partial charge < -0.3 is 0 Å². The third kappa shape index (κ3) is 2.12. The number of halogens is 2. The minimum Gasteiger partial charge on any atom is -0.277 e. The molecule has 17 heavy (non-hydrogen) atoms. The van der Waals surface area contributed by atoms with Crippen molar-refractivity contribution in [1.82, 2.24) is 5.32 Å². The average Bonchev–Trinajstić information content (AvgIpc) is 2.21. The first-order valence-electron chi connectivity index (χ1n) is 4.61. The number of benzene rings is 1. The summed E-state index contributed by atoms with van der Waals surface area (Å²) in [6.45, 7) is 0. The number of barbiturate groups is 1. The fourth-order valence-electron chi connectivity index (χ4n) is 1.43. The summed E-state index contributed by atoms with van der Waals surface area (Å²) in [5.74, 6) is -2.13. The summed E-state index contributed by atoms with van der Waals surface area (Å²) in [4.78, 5) is 34.5. The van der Waals surface area contributed by atoms with Crippen molar-refractivity contribution in [2.45, 2.75) is 6.42 Å². The molecule has 0 radical (unpaired) electrons. The molecule has 1 N–H and O–H groups in total. The van der Waals surface area contributed by atoms with E-state index in [0.717, 1.165) is 6.07 Å². The Morgan fingerprint density at radius 3 is 2.59 bits per heavy atom. The molecule has 1 saturated heterocycles. The van der Waals surface area contributed by atoms with Crippen LogP contribution in [0.4, 0.5) is 14.9 Å². The minimum absolute atomic E-state index is 0.0295. The summed E-state index contributed by atoms with van der Waals surface area (Å²) in [6.07, 6.45) is -0.448. The molecule has 0 unspecified atom stereocenters. The van der Waals surface area contributed by atoms with Crippen LogP contribution in [0.3, 0.4) is 0 Å². The predicted octanol–water partition coefficient (Wildman–Crippen LogP) is 1.45. The number of carbonyl (C=O) groups is 3. The van der Waals surface area contributed by atoms with Crippen molar-refractivity contribution >= 4 is 35.1 Å². The Morgan fingerprint density at radius 1 is 1.29 bits per heavy atom. The van der Waals surface area contributed by atoms with Crippen molar-refractivity contribution in [2.24, 2.45) is 0 Å². The lowest BCUT2D eigenvalue weighted by atomic mass is 10.2. The quantitative estimate of drug-likeness (QED) is 0.774. The molecule has 0 bridgehead atoms. The van der Waals surface area contributed by atoms with Gasteiger partial charge in [0.25, 0.3) is 0 Å². The first-order chi connectivity index (χ1) is 7.99. The maximum Gasteiger partial charge on any atom is 0.335 e. The second kappa shape index (κ2) is 4.14. The van der Waals surface area contributed by atoms with Gasteiger partial charge in [-0.05, 0) is 18.2 Å². The molecule has 4 amide bonds. The van der Waals surface area contributed by atoms with E-state index < -0.39 is 30.1 Å². The van der Waals surface area contributed by atoms with E-state index in [1.807, 2.05) is 5.32 Å². The summed E-state index contributed by atoms with van der Waals surface area (Å²) < 4.78 is 13.2. The van der Waals surface area contributed by atoms with E-state index in [4.69, 9.17) is 11.6 Å². The second-order valence-electron chi connectivity index (χ2n) is 3.36. The van der Waals surface area contributed by atoms with Gasteiger partial charge in [0.05, 0.1) is 10.7 Å². The van der Waals surface area contributed by atoms with Gasteiger partial charge in [-0.15, -0.1) is 0 Å². The van der Waals surface area contributed by atoms with Gasteiger partial charge >= 0.3 is 6.03 Å². The molecule has 0 saturated carbocycles. The number of nitrogens with zero attached hydrogens (tertiary/aromatic N) is 1. The fourth-order valence-corrected chi connectivity index (χ4v) is 1.55. The largest absolute Gasteiger partial charge is 0.335 e. The smallest absolute Gasteiger partial charge is 0.277 e. The van der Waals surface area contributed by atoms with Gasteiger partial charge in [0, 0.05) is 0 Å². The molecule has 1 aliphatic rings. The molecule has 1 heterocycles. The van der Waals surface area contributed by atoms with E-state index in [1.165, 1.54) is 12.1 Å². The molecule has 7 heteroatoms. The average molecular weight is 257 g/mol. The van der Waals surface area contributed by atoms with Gasteiger partial charge in [-0.25, -0.2) is 14.1 Å². The van der Waals surface area contributed by atoms with Crippen molar-refractivity contribution in [3.63, 3.8) is 0 Å². The van der Waals surface area contributed by atoms with Crippen LogP contribution in [-0.4, -0.2) is 17.8 Å². The highest BCUT2D eigenvalue weighted by atomic mass is 35.5. The summed E-state index contributed by atoms with van der Waals surface area (Å²) in [5.41, 5.74) is 0.0295. The molecule has 0 atom stereocenters. The van der Waals surface area contributed by atoms with Crippen molar-refractivity contribution in [2.75, 3.05) is 4.90 Å². The lowest BCUT2D eigenvalue weighted by molar-refractivity contribution is -0.128. The van der Waals surface area contributed by atoms with E-state index in [9.17, 15) is 18.8 Å². The van der Waals surface area contributed by atoms with Crippen LogP contribution in [-0.2, 0) is 9.59 Å². The minimum atomic E-state index is -0.895. The Bertz CT molecular complexity index is 512. The van der Waals surface area contributed by atoms with E-state index in [1.54, 1.807) is 0 Å². The van der Waals surface area contributed by atoms with Crippen LogP contribution in [0.15, 0.2) is 18.2 Å². The highest BCUT2D eigenvalue weighted by molar-refractivity contribution is 6.31. The first kappa shape index (κ1) is 11.5. The van der Waals surface area contributed by atoms with Gasteiger partial charge in [-0.2, -0.15) is 0 Å². The van der Waals surface area contributed by atoms with Crippen LogP contribution in [0.1, 0.15) is 6.42 Å². The maximum atomic E-state index is 13.2. The van der Waals surface area contributed by atoms with Crippen LogP contribution in [0, 0.1) is 5.82 Å². The van der Waals surface area contributed by atoms with Crippen LogP contribution >= 0.6 is 11.6 Å². The lowest BCUT2D eigenvalue weighted by Crippen LogP contribution is -2.52. The lowest BCUT2D eigenvalue weighted by Gasteiger charge is -2.24. The standard InChI is InChI=1S/C10H6ClFN2O3/c11-6-2-1-5(3-7(6)12)14-9(16)4-8(15)13-10(14)17/h1-3H,4H2,(H,13,15,17). The van der Waals surface area contributed by atoms with E-state index in [2.05, 4.69) is 0 Å². The SMILES string of the molecule is O=C1CC(=O)N(c2ccc(Cl)c(F)c2)C(=O)N1. The number of imide groups is 2. The molecule has 88 valence electrons. The molecule has 0 aliphatic carbocycles. The van der Waals surface area contributed by atoms with E-state index in [-0.39, 0.29) is 10.7 Å². The molecule has 1 aromatic rings. The van der Waals surface area contributed by atoms with Crippen LogP contribution in [0.25, 0.3) is 0 Å². The van der Waals surface area contributed by atoms with Gasteiger partial charge in [0.2, 0.25) is 11.8 Å². The zero-order valence-corrected chi connectivity index (χ0v) is 9.12. The van der Waals surface area contributed by atoms with Crippen molar-refractivity contribution in [1.29, 1.82) is 0 Å². The van der Waals surface area contributed by atoms with Crippen molar-refractivity contribution < 1.29 is 18.8 Å². The molecule has 0 aromatic heterocycles. The fraction of sp³-hybridized carbons (Fsp3) is 0.100. The van der Waals surface area contributed by atoms with Gasteiger partial charge in [-0.3, -0.25) is 14.9 Å². The highest BCUT2D eigenvalue weighted by Gasteiger charge is 2.32. The summed E-state index contributed by atoms with van der Waals surface area (Å²) in [5, 5.41) is 1.85. The van der Waals surface area contributed by atoms with Gasteiger partial charge in [0.15, 0.2) is 0 Å².